The van der Waals surface area contributed by atoms with Crippen LogP contribution in [-0.2, 0) is 6.18 Å². The maximum atomic E-state index is 12.5. The van der Waals surface area contributed by atoms with E-state index in [9.17, 15) is 45.2 Å². The quantitative estimate of drug-likeness (QED) is 0.481. The molecule has 1 rings (SSSR count). The second-order valence-electron chi connectivity index (χ2n) is 3.35. The van der Waals surface area contributed by atoms with Gasteiger partial charge >= 0.3 is 24.1 Å². The lowest BCUT2D eigenvalue weighted by Crippen LogP contribution is -2.21. The van der Waals surface area contributed by atoms with E-state index < -0.39 is 52.8 Å². The van der Waals surface area contributed by atoms with E-state index >= 15 is 0 Å². The molecule has 1 aromatic rings. The van der Waals surface area contributed by atoms with E-state index in [4.69, 9.17) is 0 Å². The van der Waals surface area contributed by atoms with Crippen molar-refractivity contribution in [2.45, 2.75) is 19.0 Å². The molecule has 0 fully saturated rings. The molecule has 0 aromatic carbocycles. The van der Waals surface area contributed by atoms with Gasteiger partial charge in [-0.1, -0.05) is 0 Å². The van der Waals surface area contributed by atoms with Gasteiger partial charge in [0.2, 0.25) is 0 Å². The van der Waals surface area contributed by atoms with E-state index in [2.05, 4.69) is 9.72 Å². The molecule has 0 saturated carbocycles. The minimum atomic E-state index is -5.56. The van der Waals surface area contributed by atoms with Gasteiger partial charge in [-0.15, -0.1) is 13.2 Å². The Morgan fingerprint density at radius 2 is 1.71 bits per heavy atom. The molecule has 0 spiro atoms. The molecular formula is C8H2F8N2O3. The summed E-state index contributed by atoms with van der Waals surface area (Å²) in [6.45, 7) is 0. The van der Waals surface area contributed by atoms with E-state index in [1.165, 1.54) is 0 Å². The van der Waals surface area contributed by atoms with E-state index in [0.717, 1.165) is 0 Å². The van der Waals surface area contributed by atoms with E-state index in [0.29, 0.717) is 0 Å². The standard InChI is InChI=1S/C8H2F8N2O3/c9-5(10)4-2(7(11,12)13)1-3(18(19)20)6(17-4)21-8(14,15)16/h1,5H. The highest BCUT2D eigenvalue weighted by Crippen LogP contribution is 2.41. The van der Waals surface area contributed by atoms with Crippen molar-refractivity contribution < 1.29 is 44.8 Å². The number of aromatic nitrogens is 1. The summed E-state index contributed by atoms with van der Waals surface area (Å²) in [7, 11) is 0. The van der Waals surface area contributed by atoms with Gasteiger partial charge in [-0.05, 0) is 0 Å². The predicted molar refractivity (Wildman–Crippen MR) is 47.5 cm³/mol. The van der Waals surface area contributed by atoms with Crippen LogP contribution in [0.15, 0.2) is 6.07 Å². The largest absolute Gasteiger partial charge is 0.574 e. The Morgan fingerprint density at radius 1 is 1.19 bits per heavy atom. The Bertz CT molecular complexity index is 554. The summed E-state index contributed by atoms with van der Waals surface area (Å²) in [6, 6.07) is -0.491. The number of rotatable bonds is 3. The average Bonchev–Trinajstić information content (AvgIpc) is 2.23. The van der Waals surface area contributed by atoms with Gasteiger partial charge in [0.25, 0.3) is 6.43 Å². The number of nitro groups is 1. The summed E-state index contributed by atoms with van der Waals surface area (Å²) in [5.41, 5.74) is -6.17. The number of halogens is 8. The number of hydrogen-bond donors (Lipinski definition) is 0. The molecular weight excluding hydrogens is 324 g/mol. The van der Waals surface area contributed by atoms with Gasteiger partial charge in [0.15, 0.2) is 0 Å². The Hall–Kier alpha value is -2.21. The molecule has 0 bridgehead atoms. The van der Waals surface area contributed by atoms with Crippen LogP contribution in [0.5, 0.6) is 5.88 Å². The highest BCUT2D eigenvalue weighted by Gasteiger charge is 2.42. The van der Waals surface area contributed by atoms with Crippen LogP contribution in [0, 0.1) is 10.1 Å². The Labute approximate surface area is 109 Å². The Balaban J connectivity index is 3.59. The number of nitrogens with zero attached hydrogens (tertiary/aromatic N) is 2. The van der Waals surface area contributed by atoms with Crippen molar-refractivity contribution in [2.75, 3.05) is 0 Å². The maximum Gasteiger partial charge on any atom is 0.574 e. The third kappa shape index (κ3) is 4.13. The summed E-state index contributed by atoms with van der Waals surface area (Å²) in [6.07, 6.45) is -14.9. The molecule has 13 heteroatoms. The van der Waals surface area contributed by atoms with Crippen LogP contribution in [0.25, 0.3) is 0 Å². The second kappa shape index (κ2) is 5.29. The zero-order valence-corrected chi connectivity index (χ0v) is 9.30. The molecule has 0 aliphatic carbocycles. The number of alkyl halides is 8. The van der Waals surface area contributed by atoms with Gasteiger partial charge in [0, 0.05) is 6.07 Å². The monoisotopic (exact) mass is 326 g/mol. The fourth-order valence-corrected chi connectivity index (χ4v) is 1.21. The van der Waals surface area contributed by atoms with Crippen LogP contribution >= 0.6 is 0 Å². The van der Waals surface area contributed by atoms with E-state index in [1.54, 1.807) is 0 Å². The zero-order chi connectivity index (χ0) is 16.6. The molecule has 0 radical (unpaired) electrons. The first-order chi connectivity index (χ1) is 9.33. The number of ether oxygens (including phenoxy) is 1. The molecule has 0 unspecified atom stereocenters. The molecule has 1 heterocycles. The van der Waals surface area contributed by atoms with Crippen LogP contribution in [0.4, 0.5) is 40.8 Å². The van der Waals surface area contributed by atoms with E-state index in [-0.39, 0.29) is 0 Å². The van der Waals surface area contributed by atoms with Crippen molar-refractivity contribution >= 4 is 5.69 Å². The third-order valence-electron chi connectivity index (χ3n) is 1.92. The average molecular weight is 326 g/mol. The van der Waals surface area contributed by atoms with Crippen molar-refractivity contribution in [1.29, 1.82) is 0 Å². The van der Waals surface area contributed by atoms with Crippen molar-refractivity contribution in [2.24, 2.45) is 0 Å². The summed E-state index contributed by atoms with van der Waals surface area (Å²) in [4.78, 5) is 11.1. The summed E-state index contributed by atoms with van der Waals surface area (Å²) in [5, 5.41) is 10.4. The van der Waals surface area contributed by atoms with Crippen LogP contribution in [-0.4, -0.2) is 16.3 Å². The van der Waals surface area contributed by atoms with Crippen LogP contribution in [0.1, 0.15) is 17.7 Å². The molecule has 0 saturated heterocycles. The lowest BCUT2D eigenvalue weighted by atomic mass is 10.1. The highest BCUT2D eigenvalue weighted by atomic mass is 19.4. The molecule has 0 amide bonds. The Kier molecular flexibility index (Phi) is 4.24. The zero-order valence-electron chi connectivity index (χ0n) is 9.30. The molecule has 1 aromatic heterocycles. The molecule has 0 N–H and O–H groups in total. The molecule has 0 atom stereocenters. The minimum absolute atomic E-state index is 0.491. The smallest absolute Gasteiger partial charge is 0.381 e. The van der Waals surface area contributed by atoms with Crippen molar-refractivity contribution in [1.82, 2.24) is 4.98 Å². The van der Waals surface area contributed by atoms with Gasteiger partial charge in [-0.2, -0.15) is 13.2 Å². The summed E-state index contributed by atoms with van der Waals surface area (Å²) in [5.74, 6) is -2.00. The maximum absolute atomic E-state index is 12.5. The van der Waals surface area contributed by atoms with Crippen LogP contribution < -0.4 is 4.74 Å². The van der Waals surface area contributed by atoms with Gasteiger partial charge in [-0.3, -0.25) is 10.1 Å². The lowest BCUT2D eigenvalue weighted by Gasteiger charge is -2.14. The van der Waals surface area contributed by atoms with Crippen LogP contribution in [0.2, 0.25) is 0 Å². The predicted octanol–water partition coefficient (Wildman–Crippen LogP) is 3.84. The van der Waals surface area contributed by atoms with Crippen molar-refractivity contribution in [3.05, 3.63) is 27.4 Å². The topological polar surface area (TPSA) is 65.3 Å². The first-order valence-electron chi connectivity index (χ1n) is 4.63. The first kappa shape index (κ1) is 16.8. The number of hydrogen-bond acceptors (Lipinski definition) is 4. The van der Waals surface area contributed by atoms with Crippen molar-refractivity contribution in [3.63, 3.8) is 0 Å². The minimum Gasteiger partial charge on any atom is -0.381 e. The van der Waals surface area contributed by atoms with Gasteiger partial charge in [0.05, 0.1) is 10.5 Å². The van der Waals surface area contributed by atoms with Crippen LogP contribution in [0.3, 0.4) is 0 Å². The van der Waals surface area contributed by atoms with Gasteiger partial charge in [-0.25, -0.2) is 13.8 Å². The van der Waals surface area contributed by atoms with Crippen molar-refractivity contribution in [3.8, 4) is 5.88 Å². The normalized spacial score (nSPS) is 12.6. The molecule has 0 aliphatic heterocycles. The molecule has 0 aliphatic rings. The molecule has 118 valence electrons. The van der Waals surface area contributed by atoms with Gasteiger partial charge in [0.1, 0.15) is 5.69 Å². The molecule has 21 heavy (non-hydrogen) atoms. The van der Waals surface area contributed by atoms with E-state index in [1.807, 2.05) is 0 Å². The summed E-state index contributed by atoms with van der Waals surface area (Å²) < 4.78 is 101. The van der Waals surface area contributed by atoms with Gasteiger partial charge < -0.3 is 4.74 Å². The first-order valence-corrected chi connectivity index (χ1v) is 4.63. The third-order valence-corrected chi connectivity index (χ3v) is 1.92. The summed E-state index contributed by atoms with van der Waals surface area (Å²) >= 11 is 0. The fourth-order valence-electron chi connectivity index (χ4n) is 1.21. The second-order valence-corrected chi connectivity index (χ2v) is 3.35. The highest BCUT2D eigenvalue weighted by molar-refractivity contribution is 5.47. The number of pyridine rings is 1. The molecule has 5 nitrogen and oxygen atoms in total. The SMILES string of the molecule is O=[N+]([O-])c1cc(C(F)(F)F)c(C(F)F)nc1OC(F)(F)F. The Morgan fingerprint density at radius 3 is 2.05 bits per heavy atom. The fraction of sp³-hybridized carbons (Fsp3) is 0.375. The lowest BCUT2D eigenvalue weighted by molar-refractivity contribution is -0.389.